The number of nitrogens with one attached hydrogen (secondary N) is 1. The molecule has 0 aliphatic carbocycles. The maximum Gasteiger partial charge on any atom is 0.236 e. The van der Waals surface area contributed by atoms with Gasteiger partial charge in [0, 0.05) is 17.3 Å². The minimum Gasteiger partial charge on any atom is -0.384 e. The molecule has 2 aromatic carbocycles. The first-order valence-corrected chi connectivity index (χ1v) is 8.42. The highest BCUT2D eigenvalue weighted by molar-refractivity contribution is 5.86. The average molecular weight is 344 g/mol. The van der Waals surface area contributed by atoms with Crippen LogP contribution in [0.15, 0.2) is 48.8 Å². The molecule has 4 aromatic rings. The maximum absolute atomic E-state index is 5.93. The Bertz CT molecular complexity index is 1080. The van der Waals surface area contributed by atoms with Gasteiger partial charge in [0.25, 0.3) is 0 Å². The zero-order valence-electron chi connectivity index (χ0n) is 15.0. The summed E-state index contributed by atoms with van der Waals surface area (Å²) in [5.74, 6) is 0.981. The molecule has 0 bridgehead atoms. The van der Waals surface area contributed by atoms with Gasteiger partial charge in [0.1, 0.15) is 5.82 Å². The summed E-state index contributed by atoms with van der Waals surface area (Å²) in [5, 5.41) is 8.12. The predicted molar refractivity (Wildman–Crippen MR) is 105 cm³/mol. The van der Waals surface area contributed by atoms with E-state index >= 15 is 0 Å². The number of H-pyrrole nitrogens is 1. The SMILES string of the molecule is Cc1cc(C)c(N(c2ccc3[nH]ncc3c2)c2nccc(N)n2)c(C)c1. The van der Waals surface area contributed by atoms with Crippen molar-refractivity contribution in [1.82, 2.24) is 20.2 Å². The van der Waals surface area contributed by atoms with Gasteiger partial charge in [-0.05, 0) is 56.2 Å². The second-order valence-electron chi connectivity index (χ2n) is 6.51. The summed E-state index contributed by atoms with van der Waals surface area (Å²) in [6, 6.07) is 12.1. The molecular formula is C20H20N6. The zero-order chi connectivity index (χ0) is 18.3. The summed E-state index contributed by atoms with van der Waals surface area (Å²) in [7, 11) is 0. The van der Waals surface area contributed by atoms with Gasteiger partial charge in [0.15, 0.2) is 0 Å². The van der Waals surface area contributed by atoms with Crippen LogP contribution in [0.5, 0.6) is 0 Å². The smallest absolute Gasteiger partial charge is 0.236 e. The van der Waals surface area contributed by atoms with E-state index in [1.165, 1.54) is 5.56 Å². The number of fused-ring (bicyclic) bond motifs is 1. The molecule has 6 heteroatoms. The number of nitrogens with zero attached hydrogens (tertiary/aromatic N) is 4. The van der Waals surface area contributed by atoms with Gasteiger partial charge >= 0.3 is 0 Å². The van der Waals surface area contributed by atoms with E-state index in [0.29, 0.717) is 11.8 Å². The quantitative estimate of drug-likeness (QED) is 0.578. The molecule has 0 amide bonds. The fourth-order valence-electron chi connectivity index (χ4n) is 3.41. The van der Waals surface area contributed by atoms with E-state index in [1.807, 2.05) is 23.2 Å². The van der Waals surface area contributed by atoms with Crippen LogP contribution < -0.4 is 10.6 Å². The minimum absolute atomic E-state index is 0.437. The number of aromatic nitrogens is 4. The number of anilines is 4. The molecule has 0 saturated heterocycles. The zero-order valence-corrected chi connectivity index (χ0v) is 15.0. The van der Waals surface area contributed by atoms with Crippen molar-refractivity contribution >= 4 is 34.0 Å². The third-order valence-electron chi connectivity index (χ3n) is 4.41. The highest BCUT2D eigenvalue weighted by Crippen LogP contribution is 2.38. The summed E-state index contributed by atoms with van der Waals surface area (Å²) in [5.41, 5.74) is 12.5. The Morgan fingerprint density at radius 1 is 1.00 bits per heavy atom. The molecule has 0 spiro atoms. The molecule has 0 unspecified atom stereocenters. The van der Waals surface area contributed by atoms with Gasteiger partial charge < -0.3 is 5.73 Å². The minimum atomic E-state index is 0.437. The number of nitrogens with two attached hydrogens (primary N) is 1. The Morgan fingerprint density at radius 2 is 1.77 bits per heavy atom. The number of hydrogen-bond donors (Lipinski definition) is 2. The molecule has 2 heterocycles. The normalized spacial score (nSPS) is 11.0. The Hall–Kier alpha value is -3.41. The fraction of sp³-hybridized carbons (Fsp3) is 0.150. The van der Waals surface area contributed by atoms with Crippen molar-refractivity contribution in [3.63, 3.8) is 0 Å². The number of rotatable bonds is 3. The van der Waals surface area contributed by atoms with Crippen LogP contribution in [-0.2, 0) is 0 Å². The topological polar surface area (TPSA) is 83.7 Å². The largest absolute Gasteiger partial charge is 0.384 e. The molecule has 0 atom stereocenters. The van der Waals surface area contributed by atoms with Gasteiger partial charge in [-0.15, -0.1) is 0 Å². The van der Waals surface area contributed by atoms with Crippen molar-refractivity contribution in [2.24, 2.45) is 0 Å². The van der Waals surface area contributed by atoms with E-state index in [1.54, 1.807) is 12.3 Å². The first-order chi connectivity index (χ1) is 12.5. The van der Waals surface area contributed by atoms with Gasteiger partial charge in [0.05, 0.1) is 17.4 Å². The van der Waals surface area contributed by atoms with E-state index in [9.17, 15) is 0 Å². The van der Waals surface area contributed by atoms with Crippen LogP contribution in [0.2, 0.25) is 0 Å². The second-order valence-corrected chi connectivity index (χ2v) is 6.51. The lowest BCUT2D eigenvalue weighted by Crippen LogP contribution is -2.16. The summed E-state index contributed by atoms with van der Waals surface area (Å²) < 4.78 is 0. The Kier molecular flexibility index (Phi) is 3.80. The van der Waals surface area contributed by atoms with Crippen molar-refractivity contribution in [2.45, 2.75) is 20.8 Å². The van der Waals surface area contributed by atoms with E-state index in [0.717, 1.165) is 33.4 Å². The van der Waals surface area contributed by atoms with Gasteiger partial charge in [0.2, 0.25) is 5.95 Å². The molecular weight excluding hydrogens is 324 g/mol. The van der Waals surface area contributed by atoms with Crippen LogP contribution in [-0.4, -0.2) is 20.2 Å². The number of benzene rings is 2. The molecule has 0 aliphatic rings. The lowest BCUT2D eigenvalue weighted by Gasteiger charge is -2.27. The van der Waals surface area contributed by atoms with Crippen molar-refractivity contribution in [3.05, 3.63) is 65.5 Å². The fourth-order valence-corrected chi connectivity index (χ4v) is 3.41. The Balaban J connectivity index is 1.98. The van der Waals surface area contributed by atoms with Crippen molar-refractivity contribution in [3.8, 4) is 0 Å². The molecule has 2 aromatic heterocycles. The predicted octanol–water partition coefficient (Wildman–Crippen LogP) is 4.33. The first-order valence-electron chi connectivity index (χ1n) is 8.42. The molecule has 26 heavy (non-hydrogen) atoms. The lowest BCUT2D eigenvalue weighted by atomic mass is 10.0. The van der Waals surface area contributed by atoms with Crippen LogP contribution in [0.1, 0.15) is 16.7 Å². The Labute approximate surface area is 151 Å². The number of aromatic amines is 1. The number of nitrogen functional groups attached to an aromatic ring is 1. The molecule has 3 N–H and O–H groups in total. The van der Waals surface area contributed by atoms with E-state index in [2.05, 4.69) is 59.1 Å². The average Bonchev–Trinajstić information content (AvgIpc) is 3.05. The first kappa shape index (κ1) is 16.1. The number of hydrogen-bond acceptors (Lipinski definition) is 5. The van der Waals surface area contributed by atoms with Gasteiger partial charge in [-0.2, -0.15) is 10.1 Å². The molecule has 0 fully saturated rings. The summed E-state index contributed by atoms with van der Waals surface area (Å²) in [4.78, 5) is 11.0. The second kappa shape index (κ2) is 6.15. The van der Waals surface area contributed by atoms with Gasteiger partial charge in [-0.25, -0.2) is 4.98 Å². The molecule has 0 radical (unpaired) electrons. The monoisotopic (exact) mass is 344 g/mol. The summed E-state index contributed by atoms with van der Waals surface area (Å²) >= 11 is 0. The Morgan fingerprint density at radius 3 is 2.50 bits per heavy atom. The summed E-state index contributed by atoms with van der Waals surface area (Å²) in [6.45, 7) is 6.30. The van der Waals surface area contributed by atoms with Crippen molar-refractivity contribution < 1.29 is 0 Å². The van der Waals surface area contributed by atoms with Crippen LogP contribution in [0.3, 0.4) is 0 Å². The van der Waals surface area contributed by atoms with Crippen LogP contribution >= 0.6 is 0 Å². The molecule has 0 saturated carbocycles. The van der Waals surface area contributed by atoms with E-state index in [4.69, 9.17) is 5.73 Å². The van der Waals surface area contributed by atoms with Gasteiger partial charge in [-0.3, -0.25) is 10.00 Å². The molecule has 0 aliphatic heterocycles. The van der Waals surface area contributed by atoms with Crippen molar-refractivity contribution in [2.75, 3.05) is 10.6 Å². The lowest BCUT2D eigenvalue weighted by molar-refractivity contribution is 1.07. The van der Waals surface area contributed by atoms with E-state index < -0.39 is 0 Å². The van der Waals surface area contributed by atoms with E-state index in [-0.39, 0.29) is 0 Å². The third kappa shape index (κ3) is 2.75. The standard InChI is InChI=1S/C20H20N6/c1-12-8-13(2)19(14(3)9-12)26(20-22-7-6-18(21)24-20)16-4-5-17-15(10-16)11-23-25-17/h4-11H,1-3H3,(H,23,25)(H2,21,22,24). The molecule has 6 nitrogen and oxygen atoms in total. The van der Waals surface area contributed by atoms with Crippen LogP contribution in [0.4, 0.5) is 23.1 Å². The summed E-state index contributed by atoms with van der Waals surface area (Å²) in [6.07, 6.45) is 3.49. The van der Waals surface area contributed by atoms with Crippen LogP contribution in [0.25, 0.3) is 10.9 Å². The molecule has 4 rings (SSSR count). The number of aryl methyl sites for hydroxylation is 3. The highest BCUT2D eigenvalue weighted by Gasteiger charge is 2.20. The van der Waals surface area contributed by atoms with Crippen molar-refractivity contribution in [1.29, 1.82) is 0 Å². The molecule has 130 valence electrons. The third-order valence-corrected chi connectivity index (χ3v) is 4.41. The highest BCUT2D eigenvalue weighted by atomic mass is 15.3. The van der Waals surface area contributed by atoms with Crippen LogP contribution in [0, 0.1) is 20.8 Å². The van der Waals surface area contributed by atoms with Gasteiger partial charge in [-0.1, -0.05) is 17.7 Å². The maximum atomic E-state index is 5.93.